The maximum absolute atomic E-state index is 15.6. The lowest BCUT2D eigenvalue weighted by Gasteiger charge is -2.20. The summed E-state index contributed by atoms with van der Waals surface area (Å²) in [5.74, 6) is 1.78. The van der Waals surface area contributed by atoms with E-state index < -0.39 is 0 Å². The highest BCUT2D eigenvalue weighted by Crippen LogP contribution is 2.48. The van der Waals surface area contributed by atoms with Crippen molar-refractivity contribution in [2.24, 2.45) is 11.8 Å². The van der Waals surface area contributed by atoms with Crippen molar-refractivity contribution in [3.05, 3.63) is 56.5 Å². The fourth-order valence-electron chi connectivity index (χ4n) is 9.58. The zero-order chi connectivity index (χ0) is 46.1. The minimum Gasteiger partial charge on any atom is -0.376 e. The van der Waals surface area contributed by atoms with Crippen molar-refractivity contribution >= 4 is 34.0 Å². The Bertz CT molecular complexity index is 2070. The topological polar surface area (TPSA) is 40.1 Å². The Balaban J connectivity index is 1.64. The van der Waals surface area contributed by atoms with Gasteiger partial charge in [0.1, 0.15) is 17.0 Å². The Kier molecular flexibility index (Phi) is 21.6. The molecule has 0 N–H and O–H groups in total. The van der Waals surface area contributed by atoms with Gasteiger partial charge < -0.3 is 9.09 Å². The Morgan fingerprint density at radius 2 is 0.844 bits per heavy atom. The monoisotopic (exact) mass is 931 g/mol. The Hall–Kier alpha value is -2.35. The van der Waals surface area contributed by atoms with Crippen molar-refractivity contribution in [1.29, 1.82) is 0 Å². The van der Waals surface area contributed by atoms with E-state index >= 15 is 4.79 Å². The Morgan fingerprint density at radius 3 is 1.33 bits per heavy atom. The van der Waals surface area contributed by atoms with Crippen LogP contribution < -0.4 is 5.56 Å². The van der Waals surface area contributed by atoms with Gasteiger partial charge in [-0.15, -0.1) is 34.0 Å². The van der Waals surface area contributed by atoms with Crippen LogP contribution in [-0.2, 0) is 23.9 Å². The van der Waals surface area contributed by atoms with Crippen molar-refractivity contribution in [3.8, 4) is 42.2 Å². The molecule has 0 spiro atoms. The molecule has 358 valence electrons. The third-order valence-corrected chi connectivity index (χ3v) is 17.9. The van der Waals surface area contributed by atoms with E-state index in [0.29, 0.717) is 11.8 Å². The summed E-state index contributed by atoms with van der Waals surface area (Å²) < 4.78 is 11.7. The number of hydrogen-bond donors (Lipinski definition) is 0. The van der Waals surface area contributed by atoms with E-state index in [-0.39, 0.29) is 16.4 Å². The van der Waals surface area contributed by atoms with Crippen LogP contribution in [0.4, 0.5) is 0 Å². The van der Waals surface area contributed by atoms with Crippen molar-refractivity contribution < 1.29 is 4.52 Å². The zero-order valence-electron chi connectivity index (χ0n) is 42.4. The van der Waals surface area contributed by atoms with Gasteiger partial charge in [-0.3, -0.25) is 4.79 Å². The molecule has 2 aliphatic heterocycles. The maximum atomic E-state index is 15.6. The quantitative estimate of drug-likeness (QED) is 0.0416. The molecule has 64 heavy (non-hydrogen) atoms. The highest BCUT2D eigenvalue weighted by Gasteiger charge is 2.35. The van der Waals surface area contributed by atoms with E-state index in [1.54, 1.807) is 0 Å². The zero-order valence-corrected chi connectivity index (χ0v) is 44.9. The molecule has 0 aromatic carbocycles. The SMILES string of the molecule is CCCCCCCCC(CCCCCC)Cn1oc2c(-c3ccc(C(C)(C)C)s3)n(CC(CCCCCC)CCCCCCCC)c(=O)c-2c1-c1ccc(-c2ccc(C(C)(C)C)s2)s1. The van der Waals surface area contributed by atoms with Crippen LogP contribution >= 0.6 is 34.0 Å². The molecular formula is C57H90N2O2S3. The van der Waals surface area contributed by atoms with Crippen LogP contribution in [0, 0.1) is 11.8 Å². The van der Waals surface area contributed by atoms with Crippen LogP contribution in [0.3, 0.4) is 0 Å². The van der Waals surface area contributed by atoms with Crippen molar-refractivity contribution in [1.82, 2.24) is 9.31 Å². The lowest BCUT2D eigenvalue weighted by atomic mass is 9.94. The first-order chi connectivity index (χ1) is 30.8. The van der Waals surface area contributed by atoms with Gasteiger partial charge in [-0.25, -0.2) is 4.74 Å². The number of rotatable bonds is 31. The van der Waals surface area contributed by atoms with Crippen LogP contribution in [0.25, 0.3) is 42.2 Å². The summed E-state index contributed by atoms with van der Waals surface area (Å²) in [7, 11) is 0. The summed E-state index contributed by atoms with van der Waals surface area (Å²) in [6.45, 7) is 24.6. The minimum atomic E-state index is 0.0249. The van der Waals surface area contributed by atoms with E-state index in [0.717, 1.165) is 45.6 Å². The van der Waals surface area contributed by atoms with Gasteiger partial charge in [-0.1, -0.05) is 198 Å². The van der Waals surface area contributed by atoms with E-state index in [1.807, 2.05) is 34.0 Å². The van der Waals surface area contributed by atoms with Crippen LogP contribution in [0.15, 0.2) is 45.7 Å². The van der Waals surface area contributed by atoms with Crippen molar-refractivity contribution in [3.63, 3.8) is 0 Å². The van der Waals surface area contributed by atoms with Crippen LogP contribution in [0.2, 0.25) is 0 Å². The average Bonchev–Trinajstić information content (AvgIpc) is 4.11. The number of thiophene rings is 3. The van der Waals surface area contributed by atoms with Gasteiger partial charge in [0.05, 0.1) is 16.3 Å². The molecule has 5 rings (SSSR count). The number of unbranched alkanes of at least 4 members (excludes halogenated alkanes) is 16. The average molecular weight is 932 g/mol. The predicted molar refractivity (Wildman–Crippen MR) is 285 cm³/mol. The third-order valence-electron chi connectivity index (χ3n) is 13.6. The fraction of sp³-hybridized carbons (Fsp3) is 0.702. The molecule has 0 fully saturated rings. The van der Waals surface area contributed by atoms with Crippen molar-refractivity contribution in [2.45, 2.75) is 247 Å². The third kappa shape index (κ3) is 15.1. The minimum absolute atomic E-state index is 0.0249. The van der Waals surface area contributed by atoms with Gasteiger partial charge in [0.15, 0.2) is 5.76 Å². The van der Waals surface area contributed by atoms with Crippen LogP contribution in [0.5, 0.6) is 0 Å². The van der Waals surface area contributed by atoms with E-state index in [2.05, 4.69) is 115 Å². The summed E-state index contributed by atoms with van der Waals surface area (Å²) in [6, 6.07) is 13.8. The van der Waals surface area contributed by atoms with Gasteiger partial charge in [-0.2, -0.15) is 0 Å². The smallest absolute Gasteiger partial charge is 0.264 e. The second-order valence-electron chi connectivity index (χ2n) is 21.5. The molecule has 0 aliphatic carbocycles. The molecule has 2 atom stereocenters. The molecular weight excluding hydrogens is 841 g/mol. The first-order valence-electron chi connectivity index (χ1n) is 26.4. The number of nitrogens with zero attached hydrogens (tertiary/aromatic N) is 2. The summed E-state index contributed by atoms with van der Waals surface area (Å²) in [5, 5.41) is 0. The highest BCUT2D eigenvalue weighted by atomic mass is 32.1. The van der Waals surface area contributed by atoms with Crippen LogP contribution in [-0.4, -0.2) is 9.31 Å². The predicted octanol–water partition coefficient (Wildman–Crippen LogP) is 19.8. The second-order valence-corrected chi connectivity index (χ2v) is 24.8. The highest BCUT2D eigenvalue weighted by molar-refractivity contribution is 7.24. The van der Waals surface area contributed by atoms with Crippen molar-refractivity contribution in [2.75, 3.05) is 0 Å². The molecule has 0 saturated carbocycles. The molecule has 0 bridgehead atoms. The second kappa shape index (κ2) is 26.3. The molecule has 4 nitrogen and oxygen atoms in total. The first-order valence-corrected chi connectivity index (χ1v) is 28.8. The molecule has 3 aromatic heterocycles. The lowest BCUT2D eigenvalue weighted by Crippen LogP contribution is -2.22. The summed E-state index contributed by atoms with van der Waals surface area (Å²) in [5.41, 5.74) is 3.10. The molecule has 7 heteroatoms. The largest absolute Gasteiger partial charge is 0.376 e. The summed E-state index contributed by atoms with van der Waals surface area (Å²) in [6.07, 6.45) is 30.6. The molecule has 3 aromatic rings. The van der Waals surface area contributed by atoms with Crippen LogP contribution in [0.1, 0.15) is 233 Å². The normalized spacial score (nSPS) is 13.5. The van der Waals surface area contributed by atoms with Gasteiger partial charge >= 0.3 is 0 Å². The van der Waals surface area contributed by atoms with E-state index in [1.165, 1.54) is 174 Å². The lowest BCUT2D eigenvalue weighted by molar-refractivity contribution is 0.224. The summed E-state index contributed by atoms with van der Waals surface area (Å²) >= 11 is 5.60. The fourth-order valence-corrected chi connectivity index (χ4v) is 12.9. The van der Waals surface area contributed by atoms with Gasteiger partial charge in [-0.05, 0) is 84.7 Å². The Labute approximate surface area is 403 Å². The summed E-state index contributed by atoms with van der Waals surface area (Å²) in [4.78, 5) is 23.2. The molecule has 0 saturated heterocycles. The van der Waals surface area contributed by atoms with Gasteiger partial charge in [0, 0.05) is 26.1 Å². The number of aromatic nitrogens is 2. The molecule has 0 amide bonds. The molecule has 0 radical (unpaired) electrons. The van der Waals surface area contributed by atoms with Gasteiger partial charge in [0.2, 0.25) is 0 Å². The number of hydrogen-bond acceptors (Lipinski definition) is 5. The standard InChI is InChI=1S/C57H90N2O2S3/c1-11-15-19-23-25-29-32-43(31-27-21-17-13-3)41-58-53(48-38-40-50(64-48)57(8,9)10)54-51(55(58)60)52(47-36-35-45(62-47)46-37-39-49(63-46)56(5,6)7)59(61-54)42-44(33-28-22-18-14-4)34-30-26-24-20-16-12-2/h35-40,43-44H,11-34,41-42H2,1-10H3. The Morgan fingerprint density at radius 1 is 0.469 bits per heavy atom. The van der Waals surface area contributed by atoms with E-state index in [9.17, 15) is 0 Å². The molecule has 2 unspecified atom stereocenters. The van der Waals surface area contributed by atoms with E-state index in [4.69, 9.17) is 4.52 Å². The molecule has 5 heterocycles. The molecule has 2 aliphatic rings. The first kappa shape index (κ1) is 52.6. The maximum Gasteiger partial charge on any atom is 0.264 e. The number of fused-ring (bicyclic) bond motifs is 1. The van der Waals surface area contributed by atoms with Gasteiger partial charge in [0.25, 0.3) is 5.56 Å².